The van der Waals surface area contributed by atoms with Crippen LogP contribution in [0.5, 0.6) is 11.5 Å². The third-order valence-corrected chi connectivity index (χ3v) is 3.01. The summed E-state index contributed by atoms with van der Waals surface area (Å²) in [5, 5.41) is 17.5. The van der Waals surface area contributed by atoms with Gasteiger partial charge in [-0.25, -0.2) is 4.79 Å². The number of aliphatic carboxylic acids is 1. The first-order chi connectivity index (χ1) is 10.4. The van der Waals surface area contributed by atoms with Crippen molar-refractivity contribution >= 4 is 5.97 Å². The zero-order valence-corrected chi connectivity index (χ0v) is 11.8. The van der Waals surface area contributed by atoms with Crippen molar-refractivity contribution in [3.63, 3.8) is 0 Å². The summed E-state index contributed by atoms with van der Waals surface area (Å²) in [6.07, 6.45) is 3.00. The van der Waals surface area contributed by atoms with Gasteiger partial charge in [0.15, 0.2) is 6.10 Å². The van der Waals surface area contributed by atoms with Crippen LogP contribution >= 0.6 is 0 Å². The van der Waals surface area contributed by atoms with Gasteiger partial charge in [-0.3, -0.25) is 0 Å². The second kappa shape index (κ2) is 6.31. The van der Waals surface area contributed by atoms with E-state index in [1.54, 1.807) is 0 Å². The highest BCUT2D eigenvalue weighted by Crippen LogP contribution is 2.30. The van der Waals surface area contributed by atoms with Crippen molar-refractivity contribution in [3.8, 4) is 17.6 Å². The Labute approximate surface area is 126 Å². The summed E-state index contributed by atoms with van der Waals surface area (Å²) in [6.45, 7) is 1.41. The molecular weight excluding hydrogens is 289 g/mol. The Balaban J connectivity index is 2.00. The maximum absolute atomic E-state index is 14.4. The number of hydrogen-bond acceptors (Lipinski definition) is 4. The quantitative estimate of drug-likeness (QED) is 0.904. The predicted molar refractivity (Wildman–Crippen MR) is 76.1 cm³/mol. The largest absolute Gasteiger partial charge is 0.479 e. The summed E-state index contributed by atoms with van der Waals surface area (Å²) in [7, 11) is 0. The van der Waals surface area contributed by atoms with Crippen molar-refractivity contribution in [2.75, 3.05) is 0 Å². The van der Waals surface area contributed by atoms with Crippen LogP contribution < -0.4 is 9.47 Å². The molecule has 0 saturated heterocycles. The summed E-state index contributed by atoms with van der Waals surface area (Å²) in [5.74, 6) is -2.45. The minimum atomic E-state index is -2.00. The van der Waals surface area contributed by atoms with Gasteiger partial charge in [0.2, 0.25) is 0 Å². The van der Waals surface area contributed by atoms with Crippen LogP contribution in [0.1, 0.15) is 13.3 Å². The maximum atomic E-state index is 14.4. The van der Waals surface area contributed by atoms with Crippen molar-refractivity contribution in [2.45, 2.75) is 25.3 Å². The van der Waals surface area contributed by atoms with Crippen molar-refractivity contribution in [1.82, 2.24) is 0 Å². The van der Waals surface area contributed by atoms with Gasteiger partial charge in [0.25, 0.3) is 5.85 Å². The fourth-order valence-corrected chi connectivity index (χ4v) is 1.79. The fourth-order valence-electron chi connectivity index (χ4n) is 1.79. The maximum Gasteiger partial charge on any atom is 0.344 e. The molecule has 0 aromatic heterocycles. The smallest absolute Gasteiger partial charge is 0.344 e. The lowest BCUT2D eigenvalue weighted by Gasteiger charge is -2.24. The Kier molecular flexibility index (Phi) is 4.47. The van der Waals surface area contributed by atoms with E-state index in [0.29, 0.717) is 11.3 Å². The molecule has 2 rings (SSSR count). The van der Waals surface area contributed by atoms with Crippen LogP contribution in [0.15, 0.2) is 48.1 Å². The molecule has 0 bridgehead atoms. The Morgan fingerprint density at radius 1 is 1.41 bits per heavy atom. The first-order valence-corrected chi connectivity index (χ1v) is 6.59. The highest BCUT2D eigenvalue weighted by molar-refractivity contribution is 5.72. The average Bonchev–Trinajstić information content (AvgIpc) is 2.50. The molecule has 2 atom stereocenters. The molecule has 0 spiro atoms. The number of carbonyl (C=O) groups is 1. The minimum Gasteiger partial charge on any atom is -0.479 e. The van der Waals surface area contributed by atoms with Crippen LogP contribution in [0.2, 0.25) is 0 Å². The third kappa shape index (κ3) is 3.85. The molecule has 0 saturated carbocycles. The van der Waals surface area contributed by atoms with Crippen molar-refractivity contribution in [1.29, 1.82) is 5.26 Å². The molecule has 1 aliphatic rings. The molecule has 22 heavy (non-hydrogen) atoms. The highest BCUT2D eigenvalue weighted by atomic mass is 19.2. The Hall–Kier alpha value is -2.81. The molecule has 1 N–H and O–H groups in total. The van der Waals surface area contributed by atoms with Crippen molar-refractivity contribution in [2.24, 2.45) is 0 Å². The molecular formula is C16H14FNO4. The van der Waals surface area contributed by atoms with E-state index in [4.69, 9.17) is 19.8 Å². The van der Waals surface area contributed by atoms with Crippen LogP contribution in [0, 0.1) is 11.3 Å². The molecule has 5 nitrogen and oxygen atoms in total. The van der Waals surface area contributed by atoms with Gasteiger partial charge < -0.3 is 14.6 Å². The lowest BCUT2D eigenvalue weighted by atomic mass is 10.0. The highest BCUT2D eigenvalue weighted by Gasteiger charge is 2.30. The Morgan fingerprint density at radius 3 is 2.55 bits per heavy atom. The number of alkyl halides is 1. The number of nitriles is 1. The SMILES string of the molecule is CC(Oc1ccc(OC2(F)C=CC(C#N)=CC2)cc1)C(=O)O. The first-order valence-electron chi connectivity index (χ1n) is 6.59. The molecule has 0 amide bonds. The van der Waals surface area contributed by atoms with Gasteiger partial charge in [-0.1, -0.05) is 6.08 Å². The van der Waals surface area contributed by atoms with Crippen molar-refractivity contribution in [3.05, 3.63) is 48.1 Å². The number of rotatable bonds is 5. The zero-order valence-electron chi connectivity index (χ0n) is 11.8. The van der Waals surface area contributed by atoms with E-state index in [1.807, 2.05) is 6.07 Å². The van der Waals surface area contributed by atoms with E-state index in [2.05, 4.69) is 0 Å². The third-order valence-electron chi connectivity index (χ3n) is 3.01. The summed E-state index contributed by atoms with van der Waals surface area (Å²) in [4.78, 5) is 10.7. The topological polar surface area (TPSA) is 79.5 Å². The van der Waals surface area contributed by atoms with Gasteiger partial charge in [0.05, 0.1) is 6.07 Å². The van der Waals surface area contributed by atoms with Gasteiger partial charge in [-0.15, -0.1) is 0 Å². The van der Waals surface area contributed by atoms with Gasteiger partial charge in [0, 0.05) is 12.0 Å². The normalized spacial score (nSPS) is 21.4. The van der Waals surface area contributed by atoms with E-state index >= 15 is 0 Å². The summed E-state index contributed by atoms with van der Waals surface area (Å²) < 4.78 is 24.8. The Morgan fingerprint density at radius 2 is 2.05 bits per heavy atom. The van der Waals surface area contributed by atoms with Crippen LogP contribution in [0.3, 0.4) is 0 Å². The summed E-state index contributed by atoms with van der Waals surface area (Å²) in [5.41, 5.74) is 0.392. The number of carboxylic acid groups (broad SMARTS) is 1. The molecule has 1 aliphatic carbocycles. The van der Waals surface area contributed by atoms with Gasteiger partial charge >= 0.3 is 5.97 Å². The number of halogens is 1. The molecule has 0 aliphatic heterocycles. The second-order valence-electron chi connectivity index (χ2n) is 4.77. The van der Waals surface area contributed by atoms with Crippen LogP contribution in [0.25, 0.3) is 0 Å². The Bertz CT molecular complexity index is 660. The number of hydrogen-bond donors (Lipinski definition) is 1. The van der Waals surface area contributed by atoms with E-state index in [1.165, 1.54) is 49.4 Å². The number of allylic oxidation sites excluding steroid dienone is 2. The van der Waals surface area contributed by atoms with E-state index in [9.17, 15) is 9.18 Å². The molecule has 6 heteroatoms. The molecule has 2 unspecified atom stereocenters. The lowest BCUT2D eigenvalue weighted by Crippen LogP contribution is -2.28. The van der Waals surface area contributed by atoms with Crippen molar-refractivity contribution < 1.29 is 23.8 Å². The second-order valence-corrected chi connectivity index (χ2v) is 4.77. The number of benzene rings is 1. The number of carboxylic acids is 1. The van der Waals surface area contributed by atoms with Crippen LogP contribution in [-0.4, -0.2) is 23.0 Å². The summed E-state index contributed by atoms with van der Waals surface area (Å²) >= 11 is 0. The van der Waals surface area contributed by atoms with E-state index < -0.39 is 17.9 Å². The van der Waals surface area contributed by atoms with E-state index in [0.717, 1.165) is 0 Å². The number of ether oxygens (including phenoxy) is 2. The van der Waals surface area contributed by atoms with Gasteiger partial charge in [0.1, 0.15) is 11.5 Å². The molecule has 0 heterocycles. The molecule has 0 fully saturated rings. The molecule has 0 radical (unpaired) electrons. The van der Waals surface area contributed by atoms with Gasteiger partial charge in [-0.2, -0.15) is 9.65 Å². The standard InChI is InChI=1S/C16H14FNO4/c1-11(15(19)20)21-13-2-4-14(5-3-13)22-16(17)8-6-12(10-18)7-9-16/h2-8,11H,9H2,1H3,(H,19,20). The molecule has 1 aromatic rings. The average molecular weight is 303 g/mol. The van der Waals surface area contributed by atoms with E-state index in [-0.39, 0.29) is 12.2 Å². The molecule has 1 aromatic carbocycles. The van der Waals surface area contributed by atoms with Crippen LogP contribution in [-0.2, 0) is 4.79 Å². The lowest BCUT2D eigenvalue weighted by molar-refractivity contribution is -0.144. The predicted octanol–water partition coefficient (Wildman–Crippen LogP) is 2.99. The fraction of sp³-hybridized carbons (Fsp3) is 0.250. The van der Waals surface area contributed by atoms with Crippen LogP contribution in [0.4, 0.5) is 4.39 Å². The zero-order chi connectivity index (χ0) is 16.2. The minimum absolute atomic E-state index is 0.0549. The molecule has 114 valence electrons. The number of nitrogens with zero attached hydrogens (tertiary/aromatic N) is 1. The monoisotopic (exact) mass is 303 g/mol. The first kappa shape index (κ1) is 15.6. The summed E-state index contributed by atoms with van der Waals surface area (Å²) in [6, 6.07) is 7.91. The van der Waals surface area contributed by atoms with Gasteiger partial charge in [-0.05, 0) is 43.3 Å².